The molecule has 0 saturated carbocycles. The van der Waals surface area contributed by atoms with E-state index >= 15 is 0 Å². The van der Waals surface area contributed by atoms with E-state index in [0.717, 1.165) is 55.4 Å². The molecular formula is C19H25N3O2S. The molecule has 6 heteroatoms. The van der Waals surface area contributed by atoms with Gasteiger partial charge in [-0.05, 0) is 56.9 Å². The minimum Gasteiger partial charge on any atom is -0.341 e. The van der Waals surface area contributed by atoms with Crippen LogP contribution in [0.1, 0.15) is 48.9 Å². The van der Waals surface area contributed by atoms with Gasteiger partial charge in [-0.2, -0.15) is 0 Å². The molecule has 5 nitrogen and oxygen atoms in total. The number of fused-ring (bicyclic) bond motifs is 3. The lowest BCUT2D eigenvalue weighted by Gasteiger charge is -2.30. The molecule has 0 N–H and O–H groups in total. The average molecular weight is 359 g/mol. The first-order valence-corrected chi connectivity index (χ1v) is 10.2. The molecule has 1 amide bonds. The SMILES string of the molecule is Cc1nc2sc3c(c2c(=O)n1CC(=O)N1CCC(C)CC1)CCCC3. The highest BCUT2D eigenvalue weighted by atomic mass is 32.1. The fourth-order valence-corrected chi connectivity index (χ4v) is 5.32. The maximum absolute atomic E-state index is 13.1. The van der Waals surface area contributed by atoms with E-state index in [1.54, 1.807) is 15.9 Å². The predicted molar refractivity (Wildman–Crippen MR) is 100 cm³/mol. The molecule has 0 spiro atoms. The van der Waals surface area contributed by atoms with Crippen LogP contribution in [0, 0.1) is 12.8 Å². The van der Waals surface area contributed by atoms with Crippen molar-refractivity contribution in [3.8, 4) is 0 Å². The van der Waals surface area contributed by atoms with E-state index in [0.29, 0.717) is 11.7 Å². The van der Waals surface area contributed by atoms with Crippen LogP contribution in [0.2, 0.25) is 0 Å². The molecule has 1 fully saturated rings. The van der Waals surface area contributed by atoms with E-state index in [1.807, 2.05) is 11.8 Å². The van der Waals surface area contributed by atoms with Gasteiger partial charge in [0.1, 0.15) is 17.2 Å². The number of aromatic nitrogens is 2. The number of nitrogens with zero attached hydrogens (tertiary/aromatic N) is 3. The van der Waals surface area contributed by atoms with Crippen molar-refractivity contribution in [3.05, 3.63) is 26.6 Å². The Bertz CT molecular complexity index is 875. The Hall–Kier alpha value is -1.69. The Kier molecular flexibility index (Phi) is 4.40. The number of thiophene rings is 1. The third-order valence-electron chi connectivity index (χ3n) is 5.70. The van der Waals surface area contributed by atoms with Gasteiger partial charge < -0.3 is 4.90 Å². The normalized spacial score (nSPS) is 18.6. The van der Waals surface area contributed by atoms with Crippen LogP contribution in [0.3, 0.4) is 0 Å². The van der Waals surface area contributed by atoms with Crippen LogP contribution in [0.4, 0.5) is 0 Å². The summed E-state index contributed by atoms with van der Waals surface area (Å²) in [7, 11) is 0. The number of rotatable bonds is 2. The van der Waals surface area contributed by atoms with Gasteiger partial charge in [-0.3, -0.25) is 14.2 Å². The summed E-state index contributed by atoms with van der Waals surface area (Å²) < 4.78 is 1.59. The van der Waals surface area contributed by atoms with Crippen molar-refractivity contribution in [3.63, 3.8) is 0 Å². The standard InChI is InChI=1S/C19H25N3O2S/c1-12-7-9-21(10-8-12)16(23)11-22-13(2)20-18-17(19(22)24)14-5-3-4-6-15(14)25-18/h12H,3-11H2,1-2H3. The number of aryl methyl sites for hydroxylation is 3. The molecule has 1 aliphatic carbocycles. The molecule has 2 aromatic heterocycles. The topological polar surface area (TPSA) is 55.2 Å². The zero-order chi connectivity index (χ0) is 17.6. The molecule has 2 aromatic rings. The summed E-state index contributed by atoms with van der Waals surface area (Å²) >= 11 is 1.66. The van der Waals surface area contributed by atoms with Crippen LogP contribution in [-0.2, 0) is 24.2 Å². The number of piperidine rings is 1. The zero-order valence-electron chi connectivity index (χ0n) is 15.0. The molecule has 0 unspecified atom stereocenters. The first-order chi connectivity index (χ1) is 12.0. The van der Waals surface area contributed by atoms with Crippen LogP contribution in [-0.4, -0.2) is 33.4 Å². The van der Waals surface area contributed by atoms with Gasteiger partial charge in [-0.1, -0.05) is 6.92 Å². The van der Waals surface area contributed by atoms with Gasteiger partial charge >= 0.3 is 0 Å². The molecule has 3 heterocycles. The van der Waals surface area contributed by atoms with Crippen molar-refractivity contribution >= 4 is 27.5 Å². The first-order valence-electron chi connectivity index (χ1n) is 9.34. The van der Waals surface area contributed by atoms with Crippen LogP contribution >= 0.6 is 11.3 Å². The summed E-state index contributed by atoms with van der Waals surface area (Å²) in [6.07, 6.45) is 6.45. The van der Waals surface area contributed by atoms with E-state index in [1.165, 1.54) is 16.9 Å². The molecule has 0 bridgehead atoms. The molecular weight excluding hydrogens is 334 g/mol. The van der Waals surface area contributed by atoms with Crippen LogP contribution in [0.25, 0.3) is 10.2 Å². The van der Waals surface area contributed by atoms with Gasteiger partial charge in [0.25, 0.3) is 5.56 Å². The lowest BCUT2D eigenvalue weighted by molar-refractivity contribution is -0.133. The van der Waals surface area contributed by atoms with Crippen molar-refractivity contribution < 1.29 is 4.79 Å². The third-order valence-corrected chi connectivity index (χ3v) is 6.88. The summed E-state index contributed by atoms with van der Waals surface area (Å²) in [5.74, 6) is 1.38. The first kappa shape index (κ1) is 16.8. The fourth-order valence-electron chi connectivity index (χ4n) is 4.02. The van der Waals surface area contributed by atoms with Crippen molar-refractivity contribution in [2.45, 2.75) is 58.9 Å². The minimum absolute atomic E-state index is 0.0272. The lowest BCUT2D eigenvalue weighted by Crippen LogP contribution is -2.41. The Balaban J connectivity index is 1.67. The molecule has 134 valence electrons. The Morgan fingerprint density at radius 3 is 2.72 bits per heavy atom. The molecule has 0 atom stereocenters. The maximum Gasteiger partial charge on any atom is 0.263 e. The molecule has 25 heavy (non-hydrogen) atoms. The van der Waals surface area contributed by atoms with Crippen molar-refractivity contribution in [2.24, 2.45) is 5.92 Å². The van der Waals surface area contributed by atoms with Gasteiger partial charge in [-0.25, -0.2) is 4.98 Å². The van der Waals surface area contributed by atoms with Gasteiger partial charge in [0.15, 0.2) is 0 Å². The highest BCUT2D eigenvalue weighted by Gasteiger charge is 2.24. The smallest absolute Gasteiger partial charge is 0.263 e. The predicted octanol–water partition coefficient (Wildman–Crippen LogP) is 2.90. The molecule has 1 aliphatic heterocycles. The molecule has 0 radical (unpaired) electrons. The summed E-state index contributed by atoms with van der Waals surface area (Å²) in [4.78, 5) is 34.5. The van der Waals surface area contributed by atoms with E-state index in [-0.39, 0.29) is 18.0 Å². The van der Waals surface area contributed by atoms with E-state index in [9.17, 15) is 9.59 Å². The summed E-state index contributed by atoms with van der Waals surface area (Å²) in [5, 5.41) is 0.769. The van der Waals surface area contributed by atoms with Crippen LogP contribution < -0.4 is 5.56 Å². The molecule has 2 aliphatic rings. The number of hydrogen-bond donors (Lipinski definition) is 0. The Morgan fingerprint density at radius 1 is 1.24 bits per heavy atom. The van der Waals surface area contributed by atoms with Gasteiger partial charge in [0.2, 0.25) is 5.91 Å². The highest BCUT2D eigenvalue weighted by Crippen LogP contribution is 2.33. The monoisotopic (exact) mass is 359 g/mol. The number of carbonyl (C=O) groups is 1. The summed E-state index contributed by atoms with van der Waals surface area (Å²) in [6.45, 7) is 5.79. The van der Waals surface area contributed by atoms with Crippen molar-refractivity contribution in [2.75, 3.05) is 13.1 Å². The second kappa shape index (κ2) is 6.56. The van der Waals surface area contributed by atoms with E-state index < -0.39 is 0 Å². The highest BCUT2D eigenvalue weighted by molar-refractivity contribution is 7.18. The van der Waals surface area contributed by atoms with Crippen LogP contribution in [0.5, 0.6) is 0 Å². The molecule has 0 aromatic carbocycles. The Morgan fingerprint density at radius 2 is 1.96 bits per heavy atom. The van der Waals surface area contributed by atoms with Crippen LogP contribution in [0.15, 0.2) is 4.79 Å². The van der Waals surface area contributed by atoms with Gasteiger partial charge in [0, 0.05) is 18.0 Å². The third kappa shape index (κ3) is 3.01. The summed E-state index contributed by atoms with van der Waals surface area (Å²) in [5.41, 5.74) is 1.16. The molecule has 4 rings (SSSR count). The number of likely N-dealkylation sites (tertiary alicyclic amines) is 1. The maximum atomic E-state index is 13.1. The second-order valence-corrected chi connectivity index (χ2v) is 8.59. The zero-order valence-corrected chi connectivity index (χ0v) is 15.8. The van der Waals surface area contributed by atoms with Gasteiger partial charge in [0.05, 0.1) is 5.39 Å². The Labute approximate surface area is 151 Å². The lowest BCUT2D eigenvalue weighted by atomic mass is 9.97. The summed E-state index contributed by atoms with van der Waals surface area (Å²) in [6, 6.07) is 0. The molecule has 1 saturated heterocycles. The quantitative estimate of drug-likeness (QED) is 0.828. The minimum atomic E-state index is -0.0272. The van der Waals surface area contributed by atoms with Crippen molar-refractivity contribution in [1.29, 1.82) is 0 Å². The largest absolute Gasteiger partial charge is 0.341 e. The van der Waals surface area contributed by atoms with Crippen molar-refractivity contribution in [1.82, 2.24) is 14.5 Å². The van der Waals surface area contributed by atoms with E-state index in [2.05, 4.69) is 11.9 Å². The second-order valence-electron chi connectivity index (χ2n) is 7.50. The van der Waals surface area contributed by atoms with E-state index in [4.69, 9.17) is 0 Å². The fraction of sp³-hybridized carbons (Fsp3) is 0.632. The average Bonchev–Trinajstić information content (AvgIpc) is 2.97. The van der Waals surface area contributed by atoms with Gasteiger partial charge in [-0.15, -0.1) is 11.3 Å². The number of hydrogen-bond acceptors (Lipinski definition) is 4. The number of amides is 1. The number of carbonyl (C=O) groups excluding carboxylic acids is 1.